The van der Waals surface area contributed by atoms with Gasteiger partial charge in [0.2, 0.25) is 0 Å². The van der Waals surface area contributed by atoms with E-state index in [1.165, 1.54) is 0 Å². The third kappa shape index (κ3) is 1.15. The lowest BCUT2D eigenvalue weighted by Crippen LogP contribution is -2.05. The van der Waals surface area contributed by atoms with Crippen molar-refractivity contribution < 1.29 is 0 Å². The molecule has 0 spiro atoms. The topological polar surface area (TPSA) is 48.6 Å². The molecule has 0 aliphatic rings. The summed E-state index contributed by atoms with van der Waals surface area (Å²) in [6.07, 6.45) is 1.78. The van der Waals surface area contributed by atoms with Gasteiger partial charge in [0.15, 0.2) is 0 Å². The smallest absolute Gasteiger partial charge is 0.272 e. The van der Waals surface area contributed by atoms with Crippen LogP contribution >= 0.6 is 15.9 Å². The van der Waals surface area contributed by atoms with Crippen molar-refractivity contribution in [3.63, 3.8) is 0 Å². The van der Waals surface area contributed by atoms with Crippen molar-refractivity contribution in [2.45, 2.75) is 0 Å². The molecule has 3 nitrogen and oxygen atoms in total. The molecule has 3 aromatic rings. The molecule has 0 saturated heterocycles. The second-order valence-corrected chi connectivity index (χ2v) is 4.24. The minimum Gasteiger partial charge on any atom is -0.356 e. The second kappa shape index (κ2) is 2.97. The van der Waals surface area contributed by atoms with Gasteiger partial charge in [-0.15, -0.1) is 0 Å². The first-order chi connectivity index (χ1) is 7.27. The molecule has 3 rings (SSSR count). The monoisotopic (exact) mass is 262 g/mol. The number of aromatic nitrogens is 2. The van der Waals surface area contributed by atoms with Crippen molar-refractivity contribution in [3.8, 4) is 0 Å². The molecule has 0 saturated carbocycles. The van der Waals surface area contributed by atoms with Gasteiger partial charge >= 0.3 is 0 Å². The highest BCUT2D eigenvalue weighted by atomic mass is 79.9. The van der Waals surface area contributed by atoms with Gasteiger partial charge < -0.3 is 9.97 Å². The van der Waals surface area contributed by atoms with E-state index in [1.807, 2.05) is 24.3 Å². The molecular weight excluding hydrogens is 256 g/mol. The first-order valence-electron chi connectivity index (χ1n) is 4.55. The van der Waals surface area contributed by atoms with Gasteiger partial charge in [0, 0.05) is 27.0 Å². The van der Waals surface area contributed by atoms with Crippen LogP contribution in [0.3, 0.4) is 0 Å². The van der Waals surface area contributed by atoms with Crippen LogP contribution in [0.2, 0.25) is 0 Å². The molecule has 2 heterocycles. The number of halogens is 1. The van der Waals surface area contributed by atoms with Crippen LogP contribution in [0.25, 0.3) is 21.8 Å². The highest BCUT2D eigenvalue weighted by Gasteiger charge is 2.08. The van der Waals surface area contributed by atoms with Gasteiger partial charge in [0.05, 0.1) is 0 Å². The summed E-state index contributed by atoms with van der Waals surface area (Å²) in [7, 11) is 0. The Labute approximate surface area is 93.3 Å². The molecule has 1 aromatic carbocycles. The largest absolute Gasteiger partial charge is 0.356 e. The van der Waals surface area contributed by atoms with Gasteiger partial charge in [-0.1, -0.05) is 18.2 Å². The maximum absolute atomic E-state index is 11.7. The van der Waals surface area contributed by atoms with Crippen LogP contribution in [0.4, 0.5) is 0 Å². The third-order valence-corrected chi connectivity index (χ3v) is 3.13. The fourth-order valence-electron chi connectivity index (χ4n) is 1.84. The first-order valence-corrected chi connectivity index (χ1v) is 5.34. The standard InChI is InChI=1S/C11H7BrN2O/c12-7-5-13-10-9(7)6-3-1-2-4-8(6)14-11(10)15/h1-5,13H,(H,14,15). The van der Waals surface area contributed by atoms with Crippen LogP contribution in [0, 0.1) is 0 Å². The van der Waals surface area contributed by atoms with Crippen LogP contribution in [0.5, 0.6) is 0 Å². The van der Waals surface area contributed by atoms with E-state index >= 15 is 0 Å². The van der Waals surface area contributed by atoms with Crippen molar-refractivity contribution in [2.75, 3.05) is 0 Å². The lowest BCUT2D eigenvalue weighted by atomic mass is 10.1. The van der Waals surface area contributed by atoms with Crippen LogP contribution in [-0.4, -0.2) is 9.97 Å². The van der Waals surface area contributed by atoms with E-state index in [9.17, 15) is 4.79 Å². The molecule has 15 heavy (non-hydrogen) atoms. The number of benzene rings is 1. The Morgan fingerprint density at radius 3 is 2.87 bits per heavy atom. The Bertz CT molecular complexity index is 711. The number of fused-ring (bicyclic) bond motifs is 3. The van der Waals surface area contributed by atoms with Gasteiger partial charge in [-0.2, -0.15) is 0 Å². The maximum atomic E-state index is 11.7. The number of nitrogens with one attached hydrogen (secondary N) is 2. The average Bonchev–Trinajstić information content (AvgIpc) is 2.62. The van der Waals surface area contributed by atoms with Crippen molar-refractivity contribution in [2.24, 2.45) is 0 Å². The molecule has 0 atom stereocenters. The molecule has 4 heteroatoms. The Kier molecular flexibility index (Phi) is 1.73. The predicted molar refractivity (Wildman–Crippen MR) is 64.1 cm³/mol. The van der Waals surface area contributed by atoms with Crippen molar-refractivity contribution >= 4 is 37.7 Å². The molecule has 2 aromatic heterocycles. The molecule has 0 amide bonds. The predicted octanol–water partition coefficient (Wildman–Crippen LogP) is 2.77. The summed E-state index contributed by atoms with van der Waals surface area (Å²) in [5, 5.41) is 1.98. The lowest BCUT2D eigenvalue weighted by Gasteiger charge is -1.99. The van der Waals surface area contributed by atoms with Crippen LogP contribution < -0.4 is 5.56 Å². The molecule has 0 aliphatic heterocycles. The van der Waals surface area contributed by atoms with Gasteiger partial charge in [-0.3, -0.25) is 4.79 Å². The number of H-pyrrole nitrogens is 2. The highest BCUT2D eigenvalue weighted by Crippen LogP contribution is 2.27. The van der Waals surface area contributed by atoms with Crippen LogP contribution in [0.15, 0.2) is 39.7 Å². The lowest BCUT2D eigenvalue weighted by molar-refractivity contribution is 1.31. The molecule has 0 aliphatic carbocycles. The zero-order chi connectivity index (χ0) is 10.4. The van der Waals surface area contributed by atoms with E-state index in [1.54, 1.807) is 6.20 Å². The third-order valence-electron chi connectivity index (χ3n) is 2.50. The SMILES string of the molecule is O=c1[nH]c2ccccc2c2c(Br)c[nH]c12. The summed E-state index contributed by atoms with van der Waals surface area (Å²) >= 11 is 3.44. The zero-order valence-corrected chi connectivity index (χ0v) is 9.26. The summed E-state index contributed by atoms with van der Waals surface area (Å²) < 4.78 is 0.916. The number of pyridine rings is 1. The van der Waals surface area contributed by atoms with Crippen LogP contribution in [0.1, 0.15) is 0 Å². The Morgan fingerprint density at radius 2 is 2.00 bits per heavy atom. The van der Waals surface area contributed by atoms with E-state index in [0.29, 0.717) is 5.52 Å². The van der Waals surface area contributed by atoms with Crippen LogP contribution in [-0.2, 0) is 0 Å². The first kappa shape index (κ1) is 8.73. The second-order valence-electron chi connectivity index (χ2n) is 3.39. The van der Waals surface area contributed by atoms with Crippen molar-refractivity contribution in [3.05, 3.63) is 45.3 Å². The molecule has 0 unspecified atom stereocenters. The van der Waals surface area contributed by atoms with E-state index in [2.05, 4.69) is 25.9 Å². The molecular formula is C11H7BrN2O. The summed E-state index contributed by atoms with van der Waals surface area (Å²) in [6, 6.07) is 7.76. The fraction of sp³-hybridized carbons (Fsp3) is 0. The Morgan fingerprint density at radius 1 is 1.20 bits per heavy atom. The maximum Gasteiger partial charge on any atom is 0.272 e. The minimum absolute atomic E-state index is 0.0885. The number of para-hydroxylation sites is 1. The molecule has 0 radical (unpaired) electrons. The number of hydrogen-bond acceptors (Lipinski definition) is 1. The highest BCUT2D eigenvalue weighted by molar-refractivity contribution is 9.10. The summed E-state index contributed by atoms with van der Waals surface area (Å²) in [6.45, 7) is 0. The molecule has 0 bridgehead atoms. The Hall–Kier alpha value is -1.55. The van der Waals surface area contributed by atoms with Crippen molar-refractivity contribution in [1.82, 2.24) is 9.97 Å². The van der Waals surface area contributed by atoms with E-state index < -0.39 is 0 Å². The molecule has 0 fully saturated rings. The number of aromatic amines is 2. The molecule has 2 N–H and O–H groups in total. The van der Waals surface area contributed by atoms with Gasteiger partial charge in [0.1, 0.15) is 5.52 Å². The van der Waals surface area contributed by atoms with E-state index in [4.69, 9.17) is 0 Å². The van der Waals surface area contributed by atoms with E-state index in [-0.39, 0.29) is 5.56 Å². The quantitative estimate of drug-likeness (QED) is 0.643. The summed E-state index contributed by atoms with van der Waals surface area (Å²) in [5.41, 5.74) is 1.38. The van der Waals surface area contributed by atoms with E-state index in [0.717, 1.165) is 20.8 Å². The van der Waals surface area contributed by atoms with Gasteiger partial charge in [0.25, 0.3) is 5.56 Å². The molecule has 74 valence electrons. The average molecular weight is 263 g/mol. The van der Waals surface area contributed by atoms with Gasteiger partial charge in [-0.05, 0) is 22.0 Å². The normalized spacial score (nSPS) is 11.3. The minimum atomic E-state index is -0.0885. The Balaban J connectivity index is 2.74. The number of hydrogen-bond donors (Lipinski definition) is 2. The summed E-state index contributed by atoms with van der Waals surface area (Å²) in [5.74, 6) is 0. The summed E-state index contributed by atoms with van der Waals surface area (Å²) in [4.78, 5) is 17.5. The zero-order valence-electron chi connectivity index (χ0n) is 7.67. The fourth-order valence-corrected chi connectivity index (χ4v) is 2.36. The van der Waals surface area contributed by atoms with Gasteiger partial charge in [-0.25, -0.2) is 0 Å². The number of rotatable bonds is 0. The van der Waals surface area contributed by atoms with Crippen molar-refractivity contribution in [1.29, 1.82) is 0 Å².